The maximum absolute atomic E-state index is 13.1. The molecule has 2 aromatic carbocycles. The second-order valence-corrected chi connectivity index (χ2v) is 11.6. The maximum atomic E-state index is 13.1. The molecular weight excluding hydrogens is 490 g/mol. The van der Waals surface area contributed by atoms with Gasteiger partial charge in [-0.25, -0.2) is 9.78 Å². The number of hydrogen-bond donors (Lipinski definition) is 2. The summed E-state index contributed by atoms with van der Waals surface area (Å²) in [6.45, 7) is 6.99. The first-order chi connectivity index (χ1) is 18.5. The Balaban J connectivity index is 1.28. The molecule has 2 amide bonds. The van der Waals surface area contributed by atoms with Gasteiger partial charge >= 0.3 is 6.09 Å². The van der Waals surface area contributed by atoms with Crippen LogP contribution in [0.1, 0.15) is 56.9 Å². The Morgan fingerprint density at radius 1 is 1.00 bits per heavy atom. The normalized spacial score (nSPS) is 17.7. The molecule has 1 saturated carbocycles. The highest BCUT2D eigenvalue weighted by atomic mass is 16.6. The van der Waals surface area contributed by atoms with E-state index in [4.69, 9.17) is 10.5 Å². The van der Waals surface area contributed by atoms with Crippen LogP contribution in [0.5, 0.6) is 0 Å². The molecule has 0 bridgehead atoms. The Bertz CT molecular complexity index is 1310. The van der Waals surface area contributed by atoms with Crippen molar-refractivity contribution in [3.8, 4) is 11.3 Å². The van der Waals surface area contributed by atoms with Crippen molar-refractivity contribution in [2.75, 3.05) is 32.9 Å². The SMILES string of the molecule is CN(CCN(C)C1CCC(NC(=O)c2cccc(-c3ccc4cccc(N)c4c3)n2)CC1)C(=O)OC(C)(C)C. The van der Waals surface area contributed by atoms with Gasteiger partial charge in [0.25, 0.3) is 5.91 Å². The molecule has 0 saturated heterocycles. The third-order valence-corrected chi connectivity index (χ3v) is 7.34. The lowest BCUT2D eigenvalue weighted by molar-refractivity contribution is 0.0276. The molecule has 208 valence electrons. The van der Waals surface area contributed by atoms with Crippen molar-refractivity contribution in [3.05, 3.63) is 60.3 Å². The monoisotopic (exact) mass is 531 g/mol. The van der Waals surface area contributed by atoms with Crippen LogP contribution in [0.2, 0.25) is 0 Å². The number of nitrogen functional groups attached to an aromatic ring is 1. The van der Waals surface area contributed by atoms with E-state index >= 15 is 0 Å². The zero-order chi connectivity index (χ0) is 28.2. The quantitative estimate of drug-likeness (QED) is 0.400. The lowest BCUT2D eigenvalue weighted by Crippen LogP contribution is -2.45. The Morgan fingerprint density at radius 3 is 2.44 bits per heavy atom. The third kappa shape index (κ3) is 7.47. The predicted molar refractivity (Wildman–Crippen MR) is 157 cm³/mol. The molecule has 1 fully saturated rings. The first-order valence-corrected chi connectivity index (χ1v) is 13.7. The summed E-state index contributed by atoms with van der Waals surface area (Å²) in [5.74, 6) is -0.145. The van der Waals surface area contributed by atoms with Crippen molar-refractivity contribution in [2.45, 2.75) is 64.1 Å². The minimum absolute atomic E-state index is 0.123. The van der Waals surface area contributed by atoms with Gasteiger partial charge in [-0.15, -0.1) is 0 Å². The molecule has 0 unspecified atom stereocenters. The molecule has 1 heterocycles. The van der Waals surface area contributed by atoms with Gasteiger partial charge in [0.1, 0.15) is 11.3 Å². The van der Waals surface area contributed by atoms with E-state index in [1.807, 2.05) is 69.3 Å². The number of likely N-dealkylation sites (N-methyl/N-ethyl adjacent to an activating group) is 2. The van der Waals surface area contributed by atoms with Crippen molar-refractivity contribution >= 4 is 28.5 Å². The number of hydrogen-bond acceptors (Lipinski definition) is 6. The van der Waals surface area contributed by atoms with Crippen molar-refractivity contribution in [3.63, 3.8) is 0 Å². The Labute approximate surface area is 231 Å². The van der Waals surface area contributed by atoms with Crippen LogP contribution in [0.4, 0.5) is 10.5 Å². The Kier molecular flexibility index (Phi) is 8.75. The lowest BCUT2D eigenvalue weighted by atomic mass is 9.90. The molecule has 8 heteroatoms. The zero-order valence-electron chi connectivity index (χ0n) is 23.7. The van der Waals surface area contributed by atoms with E-state index in [0.29, 0.717) is 18.3 Å². The fraction of sp³-hybridized carbons (Fsp3) is 0.452. The smallest absolute Gasteiger partial charge is 0.410 e. The topological polar surface area (TPSA) is 101 Å². The molecule has 0 aliphatic heterocycles. The lowest BCUT2D eigenvalue weighted by Gasteiger charge is -2.35. The van der Waals surface area contributed by atoms with Crippen LogP contribution in [0.25, 0.3) is 22.0 Å². The van der Waals surface area contributed by atoms with Gasteiger partial charge in [0, 0.05) is 48.9 Å². The number of nitrogens with one attached hydrogen (secondary N) is 1. The highest BCUT2D eigenvalue weighted by Crippen LogP contribution is 2.27. The summed E-state index contributed by atoms with van der Waals surface area (Å²) in [7, 11) is 3.87. The number of amides is 2. The van der Waals surface area contributed by atoms with Crippen molar-refractivity contribution in [2.24, 2.45) is 0 Å². The van der Waals surface area contributed by atoms with Crippen LogP contribution in [0.15, 0.2) is 54.6 Å². The summed E-state index contributed by atoms with van der Waals surface area (Å²) in [6.07, 6.45) is 3.50. The van der Waals surface area contributed by atoms with Crippen LogP contribution in [-0.2, 0) is 4.74 Å². The summed E-state index contributed by atoms with van der Waals surface area (Å²) >= 11 is 0. The largest absolute Gasteiger partial charge is 0.444 e. The summed E-state index contributed by atoms with van der Waals surface area (Å²) in [5, 5.41) is 5.24. The first kappa shape index (κ1) is 28.4. The number of ether oxygens (including phenoxy) is 1. The summed E-state index contributed by atoms with van der Waals surface area (Å²) in [5.41, 5.74) is 8.48. The maximum Gasteiger partial charge on any atom is 0.410 e. The third-order valence-electron chi connectivity index (χ3n) is 7.34. The second-order valence-electron chi connectivity index (χ2n) is 11.6. The van der Waals surface area contributed by atoms with Gasteiger partial charge in [0.05, 0.1) is 5.69 Å². The van der Waals surface area contributed by atoms with E-state index in [1.165, 1.54) is 0 Å². The number of aromatic nitrogens is 1. The van der Waals surface area contributed by atoms with Gasteiger partial charge in [-0.05, 0) is 83.2 Å². The molecular formula is C31H41N5O3. The van der Waals surface area contributed by atoms with E-state index in [9.17, 15) is 9.59 Å². The van der Waals surface area contributed by atoms with E-state index in [1.54, 1.807) is 18.0 Å². The number of benzene rings is 2. The van der Waals surface area contributed by atoms with Gasteiger partial charge in [0.15, 0.2) is 0 Å². The summed E-state index contributed by atoms with van der Waals surface area (Å²) in [6, 6.07) is 18.0. The Morgan fingerprint density at radius 2 is 1.72 bits per heavy atom. The minimum Gasteiger partial charge on any atom is -0.444 e. The molecule has 1 aromatic heterocycles. The van der Waals surface area contributed by atoms with E-state index in [0.717, 1.165) is 59.9 Å². The number of carbonyl (C=O) groups is 2. The fourth-order valence-corrected chi connectivity index (χ4v) is 5.02. The zero-order valence-corrected chi connectivity index (χ0v) is 23.7. The molecule has 8 nitrogen and oxygen atoms in total. The number of nitrogens with zero attached hydrogens (tertiary/aromatic N) is 3. The molecule has 1 aliphatic rings. The minimum atomic E-state index is -0.498. The number of anilines is 1. The molecule has 39 heavy (non-hydrogen) atoms. The number of carbonyl (C=O) groups excluding carboxylic acids is 2. The number of nitrogens with two attached hydrogens (primary N) is 1. The van der Waals surface area contributed by atoms with E-state index in [2.05, 4.69) is 22.2 Å². The van der Waals surface area contributed by atoms with Crippen molar-refractivity contribution < 1.29 is 14.3 Å². The van der Waals surface area contributed by atoms with E-state index in [-0.39, 0.29) is 18.0 Å². The molecule has 3 aromatic rings. The van der Waals surface area contributed by atoms with Crippen molar-refractivity contribution in [1.29, 1.82) is 0 Å². The predicted octanol–water partition coefficient (Wildman–Crippen LogP) is 5.32. The van der Waals surface area contributed by atoms with Gasteiger partial charge in [-0.2, -0.15) is 0 Å². The van der Waals surface area contributed by atoms with Crippen LogP contribution < -0.4 is 11.1 Å². The summed E-state index contributed by atoms with van der Waals surface area (Å²) < 4.78 is 5.44. The van der Waals surface area contributed by atoms with Gasteiger partial charge in [0.2, 0.25) is 0 Å². The van der Waals surface area contributed by atoms with Crippen LogP contribution in [-0.4, -0.2) is 71.7 Å². The second kappa shape index (κ2) is 12.0. The average molecular weight is 532 g/mol. The molecule has 0 atom stereocenters. The fourth-order valence-electron chi connectivity index (χ4n) is 5.02. The average Bonchev–Trinajstić information content (AvgIpc) is 2.91. The molecule has 4 rings (SSSR count). The van der Waals surface area contributed by atoms with Gasteiger partial charge in [-0.3, -0.25) is 4.79 Å². The summed E-state index contributed by atoms with van der Waals surface area (Å²) in [4.78, 5) is 33.9. The highest BCUT2D eigenvalue weighted by Gasteiger charge is 2.26. The number of fused-ring (bicyclic) bond motifs is 1. The highest BCUT2D eigenvalue weighted by molar-refractivity contribution is 5.96. The van der Waals surface area contributed by atoms with Gasteiger partial charge < -0.3 is 25.6 Å². The molecule has 0 radical (unpaired) electrons. The number of pyridine rings is 1. The van der Waals surface area contributed by atoms with Crippen LogP contribution in [0.3, 0.4) is 0 Å². The molecule has 0 spiro atoms. The van der Waals surface area contributed by atoms with Crippen molar-refractivity contribution in [1.82, 2.24) is 20.1 Å². The number of rotatable bonds is 7. The first-order valence-electron chi connectivity index (χ1n) is 13.7. The Hall–Kier alpha value is -3.65. The van der Waals surface area contributed by atoms with Gasteiger partial charge in [-0.1, -0.05) is 30.3 Å². The molecule has 1 aliphatic carbocycles. The van der Waals surface area contributed by atoms with Crippen LogP contribution in [0, 0.1) is 0 Å². The van der Waals surface area contributed by atoms with E-state index < -0.39 is 5.60 Å². The standard InChI is InChI=1S/C31H41N5O3/c1-31(2,3)39-30(38)36(5)19-18-35(4)24-16-14-23(15-17-24)33-29(37)28-11-7-10-27(34-28)22-13-12-21-8-6-9-26(32)25(21)20-22/h6-13,20,23-24H,14-19,32H2,1-5H3,(H,33,37). The van der Waals surface area contributed by atoms with Crippen LogP contribution >= 0.6 is 0 Å². The molecule has 3 N–H and O–H groups in total.